The van der Waals surface area contributed by atoms with Gasteiger partial charge in [0.15, 0.2) is 0 Å². The molecule has 1 aliphatic rings. The fourth-order valence-corrected chi connectivity index (χ4v) is 2.80. The Kier molecular flexibility index (Phi) is 3.81. The third kappa shape index (κ3) is 2.80. The zero-order valence-electron chi connectivity index (χ0n) is 11.4. The lowest BCUT2D eigenvalue weighted by Gasteiger charge is -2.31. The number of ether oxygens (including phenoxy) is 1. The van der Waals surface area contributed by atoms with E-state index in [0.29, 0.717) is 6.10 Å². The summed E-state index contributed by atoms with van der Waals surface area (Å²) in [5, 5.41) is 6.08. The number of hydrogen-bond donors (Lipinski definition) is 1. The normalized spacial score (nSPS) is 23.6. The van der Waals surface area contributed by atoms with E-state index < -0.39 is 0 Å². The third-order valence-corrected chi connectivity index (χ3v) is 3.81. The molecule has 0 aromatic heterocycles. The zero-order valence-corrected chi connectivity index (χ0v) is 11.4. The number of hydrogen-bond acceptors (Lipinski definition) is 2. The van der Waals surface area contributed by atoms with E-state index in [1.165, 1.54) is 22.8 Å². The lowest BCUT2D eigenvalue weighted by Crippen LogP contribution is -2.40. The van der Waals surface area contributed by atoms with Crippen LogP contribution in [0.15, 0.2) is 42.5 Å². The highest BCUT2D eigenvalue weighted by Crippen LogP contribution is 2.26. The Morgan fingerprint density at radius 3 is 2.79 bits per heavy atom. The highest BCUT2D eigenvalue weighted by Gasteiger charge is 2.22. The van der Waals surface area contributed by atoms with E-state index in [-0.39, 0.29) is 6.10 Å². The topological polar surface area (TPSA) is 21.3 Å². The minimum atomic E-state index is 0.190. The van der Waals surface area contributed by atoms with Crippen LogP contribution in [0, 0.1) is 0 Å². The van der Waals surface area contributed by atoms with Crippen molar-refractivity contribution >= 4 is 10.8 Å². The van der Waals surface area contributed by atoms with Crippen LogP contribution in [0.1, 0.15) is 31.4 Å². The summed E-state index contributed by atoms with van der Waals surface area (Å²) >= 11 is 0. The second kappa shape index (κ2) is 5.72. The Morgan fingerprint density at radius 1 is 1.11 bits per heavy atom. The molecule has 3 rings (SSSR count). The summed E-state index contributed by atoms with van der Waals surface area (Å²) < 4.78 is 6.20. The van der Waals surface area contributed by atoms with E-state index >= 15 is 0 Å². The first-order chi connectivity index (χ1) is 9.36. The molecule has 1 aliphatic heterocycles. The molecule has 1 N–H and O–H groups in total. The molecule has 2 nitrogen and oxygen atoms in total. The maximum atomic E-state index is 6.20. The summed E-state index contributed by atoms with van der Waals surface area (Å²) in [5.74, 6) is 0. The SMILES string of the molecule is CCCC1CNCC(c2ccc3ccccc3c2)O1. The van der Waals surface area contributed by atoms with Crippen molar-refractivity contribution in [1.82, 2.24) is 5.32 Å². The number of fused-ring (bicyclic) bond motifs is 1. The van der Waals surface area contributed by atoms with E-state index in [0.717, 1.165) is 19.5 Å². The van der Waals surface area contributed by atoms with Gasteiger partial charge in [-0.1, -0.05) is 49.7 Å². The van der Waals surface area contributed by atoms with Gasteiger partial charge >= 0.3 is 0 Å². The van der Waals surface area contributed by atoms with Crippen molar-refractivity contribution in [2.75, 3.05) is 13.1 Å². The lowest BCUT2D eigenvalue weighted by atomic mass is 10.0. The Bertz CT molecular complexity index is 550. The third-order valence-electron chi connectivity index (χ3n) is 3.81. The minimum absolute atomic E-state index is 0.190. The van der Waals surface area contributed by atoms with Crippen LogP contribution >= 0.6 is 0 Å². The Morgan fingerprint density at radius 2 is 1.95 bits per heavy atom. The molecule has 2 heteroatoms. The summed E-state index contributed by atoms with van der Waals surface area (Å²) in [4.78, 5) is 0. The quantitative estimate of drug-likeness (QED) is 0.903. The molecule has 2 atom stereocenters. The highest BCUT2D eigenvalue weighted by atomic mass is 16.5. The van der Waals surface area contributed by atoms with Crippen molar-refractivity contribution in [1.29, 1.82) is 0 Å². The van der Waals surface area contributed by atoms with Crippen LogP contribution in [0.3, 0.4) is 0 Å². The first-order valence-electron chi connectivity index (χ1n) is 7.21. The smallest absolute Gasteiger partial charge is 0.0953 e. The predicted molar refractivity (Wildman–Crippen MR) is 79.3 cm³/mol. The van der Waals surface area contributed by atoms with Gasteiger partial charge in [0, 0.05) is 13.1 Å². The first-order valence-corrected chi connectivity index (χ1v) is 7.21. The molecule has 2 aromatic rings. The fourth-order valence-electron chi connectivity index (χ4n) is 2.80. The average molecular weight is 255 g/mol. The Balaban J connectivity index is 1.83. The van der Waals surface area contributed by atoms with E-state index in [4.69, 9.17) is 4.74 Å². The van der Waals surface area contributed by atoms with Crippen LogP contribution in [-0.4, -0.2) is 19.2 Å². The highest BCUT2D eigenvalue weighted by molar-refractivity contribution is 5.83. The largest absolute Gasteiger partial charge is 0.368 e. The predicted octanol–water partition coefficient (Wildman–Crippen LogP) is 3.67. The summed E-state index contributed by atoms with van der Waals surface area (Å²) in [6.07, 6.45) is 2.86. The maximum Gasteiger partial charge on any atom is 0.0953 e. The van der Waals surface area contributed by atoms with Gasteiger partial charge in [0.2, 0.25) is 0 Å². The number of benzene rings is 2. The molecule has 2 unspecified atom stereocenters. The molecule has 19 heavy (non-hydrogen) atoms. The fraction of sp³-hybridized carbons (Fsp3) is 0.412. The van der Waals surface area contributed by atoms with Gasteiger partial charge < -0.3 is 10.1 Å². The minimum Gasteiger partial charge on any atom is -0.368 e. The van der Waals surface area contributed by atoms with Gasteiger partial charge in [0.25, 0.3) is 0 Å². The van der Waals surface area contributed by atoms with Gasteiger partial charge in [-0.25, -0.2) is 0 Å². The molecule has 0 spiro atoms. The number of morpholine rings is 1. The summed E-state index contributed by atoms with van der Waals surface area (Å²) in [7, 11) is 0. The molecular formula is C17H21NO. The first kappa shape index (κ1) is 12.6. The van der Waals surface area contributed by atoms with Gasteiger partial charge in [-0.05, 0) is 28.8 Å². The molecule has 0 aliphatic carbocycles. The molecule has 1 saturated heterocycles. The summed E-state index contributed by atoms with van der Waals surface area (Å²) in [5.41, 5.74) is 1.28. The van der Waals surface area contributed by atoms with E-state index in [9.17, 15) is 0 Å². The van der Waals surface area contributed by atoms with Crippen LogP contribution in [0.4, 0.5) is 0 Å². The summed E-state index contributed by atoms with van der Waals surface area (Å²) in [6.45, 7) is 4.11. The van der Waals surface area contributed by atoms with Gasteiger partial charge in [0.05, 0.1) is 12.2 Å². The van der Waals surface area contributed by atoms with Crippen LogP contribution in [0.25, 0.3) is 10.8 Å². The average Bonchev–Trinajstić information content (AvgIpc) is 2.47. The van der Waals surface area contributed by atoms with Crippen LogP contribution < -0.4 is 5.32 Å². The molecule has 2 aromatic carbocycles. The molecular weight excluding hydrogens is 234 g/mol. The molecule has 0 bridgehead atoms. The molecule has 1 heterocycles. The van der Waals surface area contributed by atoms with Gasteiger partial charge in [-0.2, -0.15) is 0 Å². The van der Waals surface area contributed by atoms with E-state index in [1.807, 2.05) is 0 Å². The Labute approximate surface area is 114 Å². The monoisotopic (exact) mass is 255 g/mol. The lowest BCUT2D eigenvalue weighted by molar-refractivity contribution is -0.0424. The standard InChI is InChI=1S/C17H21NO/c1-2-5-16-11-18-12-17(19-16)15-9-8-13-6-3-4-7-14(13)10-15/h3-4,6-10,16-18H,2,5,11-12H2,1H3. The second-order valence-corrected chi connectivity index (χ2v) is 5.30. The van der Waals surface area contributed by atoms with Crippen molar-refractivity contribution in [3.63, 3.8) is 0 Å². The van der Waals surface area contributed by atoms with Crippen LogP contribution in [-0.2, 0) is 4.74 Å². The van der Waals surface area contributed by atoms with Gasteiger partial charge in [-0.15, -0.1) is 0 Å². The van der Waals surface area contributed by atoms with Crippen molar-refractivity contribution in [3.8, 4) is 0 Å². The molecule has 0 saturated carbocycles. The van der Waals surface area contributed by atoms with Crippen molar-refractivity contribution in [2.24, 2.45) is 0 Å². The van der Waals surface area contributed by atoms with Crippen molar-refractivity contribution < 1.29 is 4.74 Å². The van der Waals surface area contributed by atoms with Crippen molar-refractivity contribution in [2.45, 2.75) is 32.0 Å². The molecule has 1 fully saturated rings. The van der Waals surface area contributed by atoms with Gasteiger partial charge in [-0.3, -0.25) is 0 Å². The van der Waals surface area contributed by atoms with E-state index in [2.05, 4.69) is 54.7 Å². The molecule has 100 valence electrons. The van der Waals surface area contributed by atoms with Crippen LogP contribution in [0.2, 0.25) is 0 Å². The van der Waals surface area contributed by atoms with Crippen LogP contribution in [0.5, 0.6) is 0 Å². The maximum absolute atomic E-state index is 6.20. The summed E-state index contributed by atoms with van der Waals surface area (Å²) in [6, 6.07) is 15.1. The number of rotatable bonds is 3. The second-order valence-electron chi connectivity index (χ2n) is 5.30. The van der Waals surface area contributed by atoms with Crippen molar-refractivity contribution in [3.05, 3.63) is 48.0 Å². The molecule has 0 amide bonds. The van der Waals surface area contributed by atoms with E-state index in [1.54, 1.807) is 0 Å². The number of nitrogens with one attached hydrogen (secondary N) is 1. The molecule has 0 radical (unpaired) electrons. The van der Waals surface area contributed by atoms with Gasteiger partial charge in [0.1, 0.15) is 0 Å². The Hall–Kier alpha value is -1.38. The zero-order chi connectivity index (χ0) is 13.1.